The van der Waals surface area contributed by atoms with Crippen molar-refractivity contribution < 1.29 is 4.79 Å². The minimum atomic E-state index is -0.288. The summed E-state index contributed by atoms with van der Waals surface area (Å²) in [5.41, 5.74) is 3.87. The van der Waals surface area contributed by atoms with E-state index in [1.54, 1.807) is 24.4 Å². The number of halogens is 1. The molecule has 2 aromatic carbocycles. The molecule has 2 amide bonds. The molecule has 0 aromatic heterocycles. The van der Waals surface area contributed by atoms with Crippen LogP contribution in [0.2, 0.25) is 5.02 Å². The van der Waals surface area contributed by atoms with Crippen LogP contribution in [0.3, 0.4) is 0 Å². The Bertz CT molecular complexity index is 680. The zero-order chi connectivity index (χ0) is 15.2. The van der Waals surface area contributed by atoms with E-state index >= 15 is 0 Å². The van der Waals surface area contributed by atoms with E-state index in [0.717, 1.165) is 16.8 Å². The molecule has 4 heteroatoms. The van der Waals surface area contributed by atoms with Crippen molar-refractivity contribution in [1.82, 2.24) is 5.32 Å². The number of benzene rings is 2. The number of amides is 2. The Kier molecular flexibility index (Phi) is 5.01. The van der Waals surface area contributed by atoms with Gasteiger partial charge < -0.3 is 10.6 Å². The van der Waals surface area contributed by atoms with E-state index < -0.39 is 0 Å². The summed E-state index contributed by atoms with van der Waals surface area (Å²) in [5.74, 6) is 0. The molecule has 0 saturated carbocycles. The highest BCUT2D eigenvalue weighted by Gasteiger charge is 2.02. The number of hydrogen-bond donors (Lipinski definition) is 2. The van der Waals surface area contributed by atoms with E-state index in [9.17, 15) is 4.79 Å². The van der Waals surface area contributed by atoms with Crippen LogP contribution in [0.15, 0.2) is 48.7 Å². The average Bonchev–Trinajstić information content (AvgIpc) is 2.42. The molecule has 0 radical (unpaired) electrons. The van der Waals surface area contributed by atoms with E-state index in [-0.39, 0.29) is 6.03 Å². The van der Waals surface area contributed by atoms with Crippen LogP contribution in [0.5, 0.6) is 0 Å². The molecule has 2 rings (SSSR count). The lowest BCUT2D eigenvalue weighted by Crippen LogP contribution is -2.24. The van der Waals surface area contributed by atoms with Gasteiger partial charge in [0, 0.05) is 16.9 Å². The Balaban J connectivity index is 1.93. The molecule has 0 atom stereocenters. The molecule has 108 valence electrons. The Morgan fingerprint density at radius 1 is 1.14 bits per heavy atom. The van der Waals surface area contributed by atoms with E-state index in [1.807, 2.05) is 44.2 Å². The van der Waals surface area contributed by atoms with Gasteiger partial charge in [-0.1, -0.05) is 41.4 Å². The van der Waals surface area contributed by atoms with Gasteiger partial charge >= 0.3 is 6.03 Å². The second kappa shape index (κ2) is 6.95. The summed E-state index contributed by atoms with van der Waals surface area (Å²) in [6, 6.07) is 13.1. The zero-order valence-electron chi connectivity index (χ0n) is 12.0. The van der Waals surface area contributed by atoms with Crippen LogP contribution in [0.25, 0.3) is 6.08 Å². The second-order valence-electron chi connectivity index (χ2n) is 4.81. The van der Waals surface area contributed by atoms with Crippen molar-refractivity contribution in [1.29, 1.82) is 0 Å². The smallest absolute Gasteiger partial charge is 0.314 e. The van der Waals surface area contributed by atoms with E-state index in [1.165, 1.54) is 5.56 Å². The molecule has 0 heterocycles. The van der Waals surface area contributed by atoms with Crippen LogP contribution < -0.4 is 10.6 Å². The number of hydrogen-bond acceptors (Lipinski definition) is 1. The minimum Gasteiger partial charge on any atom is -0.314 e. The molecule has 0 aliphatic rings. The van der Waals surface area contributed by atoms with Crippen molar-refractivity contribution in [2.24, 2.45) is 0 Å². The predicted octanol–water partition coefficient (Wildman–Crippen LogP) is 4.75. The van der Waals surface area contributed by atoms with Crippen LogP contribution in [0, 0.1) is 13.8 Å². The summed E-state index contributed by atoms with van der Waals surface area (Å²) in [6.07, 6.45) is 3.47. The number of anilines is 1. The van der Waals surface area contributed by atoms with Crippen molar-refractivity contribution in [3.05, 3.63) is 70.4 Å². The highest BCUT2D eigenvalue weighted by atomic mass is 35.5. The SMILES string of the molecule is Cc1cccc(/C=C/NC(=O)Nc2ccc(Cl)cc2C)c1. The third kappa shape index (κ3) is 4.65. The molecular weight excluding hydrogens is 284 g/mol. The summed E-state index contributed by atoms with van der Waals surface area (Å²) in [6.45, 7) is 3.92. The molecule has 21 heavy (non-hydrogen) atoms. The molecule has 0 aliphatic carbocycles. The fourth-order valence-corrected chi connectivity index (χ4v) is 2.14. The Hall–Kier alpha value is -2.26. The van der Waals surface area contributed by atoms with Crippen LogP contribution in [-0.2, 0) is 0 Å². The van der Waals surface area contributed by atoms with Crippen molar-refractivity contribution in [2.75, 3.05) is 5.32 Å². The van der Waals surface area contributed by atoms with Gasteiger partial charge in [0.1, 0.15) is 0 Å². The Morgan fingerprint density at radius 2 is 1.95 bits per heavy atom. The highest BCUT2D eigenvalue weighted by Crippen LogP contribution is 2.19. The zero-order valence-corrected chi connectivity index (χ0v) is 12.7. The molecule has 0 fully saturated rings. The molecule has 2 aromatic rings. The lowest BCUT2D eigenvalue weighted by molar-refractivity contribution is 0.255. The topological polar surface area (TPSA) is 41.1 Å². The molecule has 3 nitrogen and oxygen atoms in total. The maximum absolute atomic E-state index is 11.8. The van der Waals surface area contributed by atoms with Gasteiger partial charge in [-0.2, -0.15) is 0 Å². The third-order valence-electron chi connectivity index (χ3n) is 2.97. The fourth-order valence-electron chi connectivity index (χ4n) is 1.91. The quantitative estimate of drug-likeness (QED) is 0.844. The predicted molar refractivity (Wildman–Crippen MR) is 88.6 cm³/mol. The monoisotopic (exact) mass is 300 g/mol. The van der Waals surface area contributed by atoms with Crippen molar-refractivity contribution in [3.8, 4) is 0 Å². The molecule has 0 unspecified atom stereocenters. The second-order valence-corrected chi connectivity index (χ2v) is 5.24. The lowest BCUT2D eigenvalue weighted by atomic mass is 10.1. The molecular formula is C17H17ClN2O. The van der Waals surface area contributed by atoms with Crippen LogP contribution in [0.1, 0.15) is 16.7 Å². The van der Waals surface area contributed by atoms with Crippen LogP contribution in [0.4, 0.5) is 10.5 Å². The normalized spacial score (nSPS) is 10.6. The lowest BCUT2D eigenvalue weighted by Gasteiger charge is -2.08. The first-order chi connectivity index (χ1) is 10.0. The molecule has 0 spiro atoms. The van der Waals surface area contributed by atoms with E-state index in [0.29, 0.717) is 5.02 Å². The number of nitrogens with one attached hydrogen (secondary N) is 2. The van der Waals surface area contributed by atoms with Gasteiger partial charge in [-0.3, -0.25) is 0 Å². The molecule has 0 bridgehead atoms. The van der Waals surface area contributed by atoms with Gasteiger partial charge in [-0.25, -0.2) is 4.79 Å². The first-order valence-electron chi connectivity index (χ1n) is 6.61. The van der Waals surface area contributed by atoms with Crippen molar-refractivity contribution in [3.63, 3.8) is 0 Å². The van der Waals surface area contributed by atoms with Gasteiger partial charge in [0.15, 0.2) is 0 Å². The first-order valence-corrected chi connectivity index (χ1v) is 6.99. The standard InChI is InChI=1S/C17H17ClN2O/c1-12-4-3-5-14(10-12)8-9-19-17(21)20-16-7-6-15(18)11-13(16)2/h3-11H,1-2H3,(H2,19,20,21)/b9-8+. The minimum absolute atomic E-state index is 0.288. The van der Waals surface area contributed by atoms with E-state index in [4.69, 9.17) is 11.6 Å². The molecule has 0 saturated heterocycles. The largest absolute Gasteiger partial charge is 0.323 e. The average molecular weight is 301 g/mol. The molecule has 0 aliphatic heterocycles. The van der Waals surface area contributed by atoms with Crippen LogP contribution >= 0.6 is 11.6 Å². The van der Waals surface area contributed by atoms with Crippen molar-refractivity contribution >= 4 is 29.4 Å². The number of carbonyl (C=O) groups is 1. The number of aryl methyl sites for hydroxylation is 2. The summed E-state index contributed by atoms with van der Waals surface area (Å²) >= 11 is 5.88. The van der Waals surface area contributed by atoms with Gasteiger partial charge in [0.2, 0.25) is 0 Å². The fraction of sp³-hybridized carbons (Fsp3) is 0.118. The maximum Gasteiger partial charge on any atom is 0.323 e. The van der Waals surface area contributed by atoms with Crippen molar-refractivity contribution in [2.45, 2.75) is 13.8 Å². The third-order valence-corrected chi connectivity index (χ3v) is 3.20. The van der Waals surface area contributed by atoms with Gasteiger partial charge in [0.25, 0.3) is 0 Å². The summed E-state index contributed by atoms with van der Waals surface area (Å²) < 4.78 is 0. The van der Waals surface area contributed by atoms with Crippen LogP contribution in [-0.4, -0.2) is 6.03 Å². The number of urea groups is 1. The van der Waals surface area contributed by atoms with E-state index in [2.05, 4.69) is 10.6 Å². The maximum atomic E-state index is 11.8. The first kappa shape index (κ1) is 15.1. The Morgan fingerprint density at radius 3 is 2.67 bits per heavy atom. The molecule has 2 N–H and O–H groups in total. The summed E-state index contributed by atoms with van der Waals surface area (Å²) in [5, 5.41) is 6.10. The van der Waals surface area contributed by atoms with Gasteiger partial charge in [0.05, 0.1) is 0 Å². The number of rotatable bonds is 3. The van der Waals surface area contributed by atoms with Gasteiger partial charge in [-0.05, 0) is 49.2 Å². The van der Waals surface area contributed by atoms with Gasteiger partial charge in [-0.15, -0.1) is 0 Å². The number of carbonyl (C=O) groups excluding carboxylic acids is 1. The summed E-state index contributed by atoms with van der Waals surface area (Å²) in [4.78, 5) is 11.8. The summed E-state index contributed by atoms with van der Waals surface area (Å²) in [7, 11) is 0. The Labute approximate surface area is 129 Å². The highest BCUT2D eigenvalue weighted by molar-refractivity contribution is 6.30.